The molecule has 1 N–H and O–H groups in total. The molecule has 1 fully saturated rings. The van der Waals surface area contributed by atoms with E-state index in [2.05, 4.69) is 17.3 Å². The van der Waals surface area contributed by atoms with Gasteiger partial charge >= 0.3 is 0 Å². The van der Waals surface area contributed by atoms with Crippen LogP contribution in [0, 0.1) is 6.92 Å². The zero-order chi connectivity index (χ0) is 23.5. The molecule has 7 heteroatoms. The Hall–Kier alpha value is -3.48. The molecular formula is C26H30N4O3. The first-order chi connectivity index (χ1) is 15.8. The molecule has 0 spiro atoms. The van der Waals surface area contributed by atoms with Gasteiger partial charge in [0, 0.05) is 30.3 Å². The minimum atomic E-state index is -0.499. The van der Waals surface area contributed by atoms with E-state index < -0.39 is 6.04 Å². The molecule has 7 nitrogen and oxygen atoms in total. The van der Waals surface area contributed by atoms with Crippen molar-refractivity contribution in [3.8, 4) is 0 Å². The number of anilines is 2. The van der Waals surface area contributed by atoms with Crippen LogP contribution in [-0.2, 0) is 9.59 Å². The molecule has 2 aromatic carbocycles. The Balaban J connectivity index is 1.49. The minimum absolute atomic E-state index is 0.0335. The average Bonchev–Trinajstić information content (AvgIpc) is 3.27. The number of Topliss-reactive ketones (excluding diaryl/α,β-unsaturated/α-hetero) is 1. The highest BCUT2D eigenvalue weighted by molar-refractivity contribution is 6.44. The second-order valence-electron chi connectivity index (χ2n) is 8.88. The number of amides is 2. The van der Waals surface area contributed by atoms with Crippen LogP contribution in [0.3, 0.4) is 0 Å². The number of para-hydroxylation sites is 1. The maximum atomic E-state index is 13.0. The molecule has 0 radical (unpaired) electrons. The molecule has 1 saturated heterocycles. The molecular weight excluding hydrogens is 416 g/mol. The van der Waals surface area contributed by atoms with Crippen molar-refractivity contribution in [2.45, 2.75) is 58.5 Å². The fourth-order valence-corrected chi connectivity index (χ4v) is 4.48. The molecule has 2 aromatic rings. The number of nitrogens with zero attached hydrogens (tertiary/aromatic N) is 3. The first-order valence-corrected chi connectivity index (χ1v) is 11.5. The SMILES string of the molecule is CC(=O)C1CC(C(=O)Nc2ccc(C(=O)N3CCCCC3C)cc2C)=NN1c1ccccc1. The van der Waals surface area contributed by atoms with Gasteiger partial charge in [-0.2, -0.15) is 5.10 Å². The summed E-state index contributed by atoms with van der Waals surface area (Å²) in [5.74, 6) is -0.353. The number of likely N-dealkylation sites (tertiary alicyclic amines) is 1. The van der Waals surface area contributed by atoms with E-state index in [0.717, 1.165) is 37.1 Å². The Bertz CT molecular complexity index is 1100. The lowest BCUT2D eigenvalue weighted by atomic mass is 10.0. The zero-order valence-corrected chi connectivity index (χ0v) is 19.4. The van der Waals surface area contributed by atoms with Crippen LogP contribution in [0.25, 0.3) is 0 Å². The number of rotatable bonds is 5. The molecule has 2 atom stereocenters. The topological polar surface area (TPSA) is 82.1 Å². The van der Waals surface area contributed by atoms with Crippen LogP contribution < -0.4 is 10.3 Å². The van der Waals surface area contributed by atoms with Crippen molar-refractivity contribution >= 4 is 34.7 Å². The molecule has 0 saturated carbocycles. The molecule has 2 aliphatic heterocycles. The maximum Gasteiger partial charge on any atom is 0.271 e. The number of benzene rings is 2. The second kappa shape index (κ2) is 9.57. The third kappa shape index (κ3) is 4.82. The van der Waals surface area contributed by atoms with Crippen molar-refractivity contribution in [3.63, 3.8) is 0 Å². The highest BCUT2D eigenvalue weighted by Crippen LogP contribution is 2.26. The summed E-state index contributed by atoms with van der Waals surface area (Å²) in [4.78, 5) is 40.0. The second-order valence-corrected chi connectivity index (χ2v) is 8.88. The van der Waals surface area contributed by atoms with Crippen molar-refractivity contribution in [1.29, 1.82) is 0 Å². The number of nitrogens with one attached hydrogen (secondary N) is 1. The Morgan fingerprint density at radius 2 is 1.82 bits per heavy atom. The predicted octanol–water partition coefficient (Wildman–Crippen LogP) is 4.17. The largest absolute Gasteiger partial charge is 0.336 e. The number of hydrogen-bond donors (Lipinski definition) is 1. The number of piperidine rings is 1. The molecule has 2 aliphatic rings. The smallest absolute Gasteiger partial charge is 0.271 e. The van der Waals surface area contributed by atoms with E-state index in [9.17, 15) is 14.4 Å². The van der Waals surface area contributed by atoms with Crippen LogP contribution in [0.15, 0.2) is 53.6 Å². The van der Waals surface area contributed by atoms with Gasteiger partial charge in [-0.05, 0) is 75.9 Å². The van der Waals surface area contributed by atoms with Crippen molar-refractivity contribution in [1.82, 2.24) is 4.90 Å². The fourth-order valence-electron chi connectivity index (χ4n) is 4.48. The van der Waals surface area contributed by atoms with E-state index in [1.807, 2.05) is 48.2 Å². The summed E-state index contributed by atoms with van der Waals surface area (Å²) in [5.41, 5.74) is 3.14. The van der Waals surface area contributed by atoms with E-state index in [1.54, 1.807) is 17.1 Å². The number of carbonyl (C=O) groups is 3. The molecule has 33 heavy (non-hydrogen) atoms. The molecule has 4 rings (SSSR count). The van der Waals surface area contributed by atoms with Crippen LogP contribution in [0.4, 0.5) is 11.4 Å². The van der Waals surface area contributed by atoms with Gasteiger partial charge in [-0.1, -0.05) is 18.2 Å². The van der Waals surface area contributed by atoms with E-state index in [-0.39, 0.29) is 30.1 Å². The van der Waals surface area contributed by atoms with Gasteiger partial charge < -0.3 is 10.2 Å². The Morgan fingerprint density at radius 3 is 2.48 bits per heavy atom. The van der Waals surface area contributed by atoms with Crippen molar-refractivity contribution in [2.24, 2.45) is 5.10 Å². The van der Waals surface area contributed by atoms with Crippen LogP contribution in [0.5, 0.6) is 0 Å². The van der Waals surface area contributed by atoms with Crippen LogP contribution in [-0.4, -0.2) is 46.8 Å². The number of carbonyl (C=O) groups excluding carboxylic acids is 3. The summed E-state index contributed by atoms with van der Waals surface area (Å²) in [5, 5.41) is 8.98. The molecule has 0 aliphatic carbocycles. The summed E-state index contributed by atoms with van der Waals surface area (Å²) in [7, 11) is 0. The fraction of sp³-hybridized carbons (Fsp3) is 0.385. The molecule has 172 valence electrons. The lowest BCUT2D eigenvalue weighted by Crippen LogP contribution is -2.42. The van der Waals surface area contributed by atoms with E-state index in [1.165, 1.54) is 6.92 Å². The minimum Gasteiger partial charge on any atom is -0.336 e. The monoisotopic (exact) mass is 446 g/mol. The lowest BCUT2D eigenvalue weighted by Gasteiger charge is -2.33. The van der Waals surface area contributed by atoms with Gasteiger partial charge in [-0.15, -0.1) is 0 Å². The highest BCUT2D eigenvalue weighted by atomic mass is 16.2. The summed E-state index contributed by atoms with van der Waals surface area (Å²) in [6.07, 6.45) is 3.47. The highest BCUT2D eigenvalue weighted by Gasteiger charge is 2.34. The van der Waals surface area contributed by atoms with E-state index >= 15 is 0 Å². The van der Waals surface area contributed by atoms with Gasteiger partial charge in [0.25, 0.3) is 11.8 Å². The number of aryl methyl sites for hydroxylation is 1. The third-order valence-electron chi connectivity index (χ3n) is 6.45. The summed E-state index contributed by atoms with van der Waals surface area (Å²) < 4.78 is 0. The molecule has 2 unspecified atom stereocenters. The summed E-state index contributed by atoms with van der Waals surface area (Å²) in [6.45, 7) is 6.26. The third-order valence-corrected chi connectivity index (χ3v) is 6.45. The van der Waals surface area contributed by atoms with Gasteiger partial charge in [0.2, 0.25) is 0 Å². The van der Waals surface area contributed by atoms with Crippen LogP contribution in [0.2, 0.25) is 0 Å². The molecule has 0 aromatic heterocycles. The lowest BCUT2D eigenvalue weighted by molar-refractivity contribution is -0.118. The first kappa shape index (κ1) is 22.7. The Labute approximate surface area is 194 Å². The van der Waals surface area contributed by atoms with Crippen LogP contribution in [0.1, 0.15) is 55.5 Å². The van der Waals surface area contributed by atoms with Gasteiger partial charge in [0.15, 0.2) is 5.78 Å². The maximum absolute atomic E-state index is 13.0. The van der Waals surface area contributed by atoms with Crippen LogP contribution >= 0.6 is 0 Å². The van der Waals surface area contributed by atoms with Crippen molar-refractivity contribution in [2.75, 3.05) is 16.9 Å². The molecule has 2 amide bonds. The quantitative estimate of drug-likeness (QED) is 0.747. The van der Waals surface area contributed by atoms with Crippen molar-refractivity contribution in [3.05, 3.63) is 59.7 Å². The Morgan fingerprint density at radius 1 is 1.06 bits per heavy atom. The molecule has 2 heterocycles. The summed E-state index contributed by atoms with van der Waals surface area (Å²) in [6, 6.07) is 14.5. The molecule has 0 bridgehead atoms. The van der Waals surface area contributed by atoms with E-state index in [0.29, 0.717) is 17.0 Å². The van der Waals surface area contributed by atoms with Gasteiger partial charge in [-0.3, -0.25) is 19.4 Å². The zero-order valence-electron chi connectivity index (χ0n) is 19.4. The number of ketones is 1. The standard InChI is InChI=1S/C26H30N4O3/c1-17-15-20(26(33)29-14-8-7-9-18(29)2)12-13-22(17)27-25(32)23-16-24(19(3)31)30(28-23)21-10-5-4-6-11-21/h4-6,10-13,15,18,24H,7-9,14,16H2,1-3H3,(H,27,32). The van der Waals surface area contributed by atoms with Gasteiger partial charge in [0.05, 0.1) is 5.69 Å². The van der Waals surface area contributed by atoms with Gasteiger partial charge in [0.1, 0.15) is 11.8 Å². The van der Waals surface area contributed by atoms with Crippen molar-refractivity contribution < 1.29 is 14.4 Å². The predicted molar refractivity (Wildman–Crippen MR) is 130 cm³/mol. The van der Waals surface area contributed by atoms with Gasteiger partial charge in [-0.25, -0.2) is 0 Å². The first-order valence-electron chi connectivity index (χ1n) is 11.5. The summed E-state index contributed by atoms with van der Waals surface area (Å²) >= 11 is 0. The number of hydrazone groups is 1. The number of hydrogen-bond acceptors (Lipinski definition) is 5. The Kier molecular flexibility index (Phi) is 6.58. The normalized spacial score (nSPS) is 20.4. The van der Waals surface area contributed by atoms with E-state index in [4.69, 9.17) is 0 Å². The average molecular weight is 447 g/mol.